The van der Waals surface area contributed by atoms with Gasteiger partial charge in [-0.25, -0.2) is 0 Å². The Balaban J connectivity index is 2.34. The lowest BCUT2D eigenvalue weighted by atomic mass is 10.1. The van der Waals surface area contributed by atoms with Crippen LogP contribution in [0.1, 0.15) is 12.5 Å². The maximum Gasteiger partial charge on any atom is 0.205 e. The van der Waals surface area contributed by atoms with Crippen molar-refractivity contribution >= 4 is 11.4 Å². The van der Waals surface area contributed by atoms with E-state index in [9.17, 15) is 0 Å². The van der Waals surface area contributed by atoms with E-state index in [1.54, 1.807) is 21.3 Å². The highest BCUT2D eigenvalue weighted by Crippen LogP contribution is 2.43. The van der Waals surface area contributed by atoms with E-state index in [4.69, 9.17) is 14.2 Å². The molecule has 0 amide bonds. The average Bonchev–Trinajstić information content (AvgIpc) is 2.54. The van der Waals surface area contributed by atoms with Gasteiger partial charge < -0.3 is 19.5 Å². The van der Waals surface area contributed by atoms with Crippen LogP contribution in [0, 0.1) is 0 Å². The van der Waals surface area contributed by atoms with Crippen molar-refractivity contribution in [3.8, 4) is 17.2 Å². The zero-order valence-electron chi connectivity index (χ0n) is 12.9. The van der Waals surface area contributed by atoms with Crippen LogP contribution in [-0.4, -0.2) is 21.3 Å². The van der Waals surface area contributed by atoms with E-state index < -0.39 is 0 Å². The van der Waals surface area contributed by atoms with Crippen LogP contribution >= 0.6 is 0 Å². The molecule has 0 saturated carbocycles. The second kappa shape index (κ2) is 6.88. The standard InChI is InChI=1S/C17H21NO3/c1-5-12-6-8-13(9-7-12)18-14-10-11-15(19-2)17(21-4)16(14)20-3/h6-11,18H,5H2,1-4H3. The van der Waals surface area contributed by atoms with Crippen molar-refractivity contribution in [3.05, 3.63) is 42.0 Å². The van der Waals surface area contributed by atoms with E-state index >= 15 is 0 Å². The van der Waals surface area contributed by atoms with Crippen LogP contribution in [-0.2, 0) is 6.42 Å². The fourth-order valence-corrected chi connectivity index (χ4v) is 2.18. The fraction of sp³-hybridized carbons (Fsp3) is 0.294. The van der Waals surface area contributed by atoms with Crippen LogP contribution in [0.5, 0.6) is 17.2 Å². The van der Waals surface area contributed by atoms with Gasteiger partial charge in [0.15, 0.2) is 11.5 Å². The van der Waals surface area contributed by atoms with Gasteiger partial charge in [-0.1, -0.05) is 19.1 Å². The van der Waals surface area contributed by atoms with Crippen molar-refractivity contribution in [2.45, 2.75) is 13.3 Å². The van der Waals surface area contributed by atoms with Gasteiger partial charge in [0, 0.05) is 5.69 Å². The molecule has 0 spiro atoms. The Morgan fingerprint density at radius 3 is 2.00 bits per heavy atom. The molecule has 0 bridgehead atoms. The van der Waals surface area contributed by atoms with Crippen LogP contribution in [0.2, 0.25) is 0 Å². The molecule has 0 aromatic heterocycles. The number of hydrogen-bond acceptors (Lipinski definition) is 4. The number of aryl methyl sites for hydroxylation is 1. The van der Waals surface area contributed by atoms with Gasteiger partial charge in [0.05, 0.1) is 27.0 Å². The lowest BCUT2D eigenvalue weighted by Gasteiger charge is -2.17. The number of nitrogens with one attached hydrogen (secondary N) is 1. The smallest absolute Gasteiger partial charge is 0.205 e. The zero-order chi connectivity index (χ0) is 15.2. The van der Waals surface area contributed by atoms with Crippen LogP contribution in [0.15, 0.2) is 36.4 Å². The summed E-state index contributed by atoms with van der Waals surface area (Å²) in [5.74, 6) is 1.84. The molecule has 0 atom stereocenters. The molecule has 4 nitrogen and oxygen atoms in total. The maximum absolute atomic E-state index is 5.46. The topological polar surface area (TPSA) is 39.7 Å². The van der Waals surface area contributed by atoms with Gasteiger partial charge in [0.2, 0.25) is 5.75 Å². The Morgan fingerprint density at radius 2 is 1.48 bits per heavy atom. The maximum atomic E-state index is 5.46. The van der Waals surface area contributed by atoms with Crippen LogP contribution in [0.3, 0.4) is 0 Å². The summed E-state index contributed by atoms with van der Waals surface area (Å²) >= 11 is 0. The third-order valence-electron chi connectivity index (χ3n) is 3.35. The molecule has 112 valence electrons. The molecule has 2 rings (SSSR count). The van der Waals surface area contributed by atoms with Crippen molar-refractivity contribution in [3.63, 3.8) is 0 Å². The van der Waals surface area contributed by atoms with Gasteiger partial charge in [-0.3, -0.25) is 0 Å². The summed E-state index contributed by atoms with van der Waals surface area (Å²) < 4.78 is 16.1. The highest BCUT2D eigenvalue weighted by molar-refractivity contribution is 5.73. The lowest BCUT2D eigenvalue weighted by Crippen LogP contribution is -1.99. The molecule has 1 N–H and O–H groups in total. The second-order valence-electron chi connectivity index (χ2n) is 4.56. The first-order valence-corrected chi connectivity index (χ1v) is 6.88. The molecule has 0 aliphatic carbocycles. The van der Waals surface area contributed by atoms with E-state index in [0.717, 1.165) is 17.8 Å². The van der Waals surface area contributed by atoms with E-state index in [1.165, 1.54) is 5.56 Å². The van der Waals surface area contributed by atoms with Gasteiger partial charge >= 0.3 is 0 Å². The molecule has 0 saturated heterocycles. The summed E-state index contributed by atoms with van der Waals surface area (Å²) in [6, 6.07) is 12.1. The quantitative estimate of drug-likeness (QED) is 0.871. The van der Waals surface area contributed by atoms with E-state index in [0.29, 0.717) is 17.2 Å². The summed E-state index contributed by atoms with van der Waals surface area (Å²) in [4.78, 5) is 0. The molecule has 4 heteroatoms. The number of benzene rings is 2. The van der Waals surface area contributed by atoms with Crippen molar-refractivity contribution < 1.29 is 14.2 Å². The van der Waals surface area contributed by atoms with Gasteiger partial charge in [0.1, 0.15) is 0 Å². The summed E-state index contributed by atoms with van der Waals surface area (Å²) in [6.45, 7) is 2.14. The number of methoxy groups -OCH3 is 3. The summed E-state index contributed by atoms with van der Waals surface area (Å²) in [7, 11) is 4.82. The first-order chi connectivity index (χ1) is 10.2. The molecule has 0 radical (unpaired) electrons. The lowest BCUT2D eigenvalue weighted by molar-refractivity contribution is 0.325. The highest BCUT2D eigenvalue weighted by atomic mass is 16.5. The average molecular weight is 287 g/mol. The Hall–Kier alpha value is -2.36. The normalized spacial score (nSPS) is 10.1. The van der Waals surface area contributed by atoms with Crippen molar-refractivity contribution in [1.29, 1.82) is 0 Å². The summed E-state index contributed by atoms with van der Waals surface area (Å²) in [5.41, 5.74) is 3.14. The predicted octanol–water partition coefficient (Wildman–Crippen LogP) is 4.02. The molecular formula is C17H21NO3. The van der Waals surface area contributed by atoms with Crippen LogP contribution in [0.4, 0.5) is 11.4 Å². The number of anilines is 2. The van der Waals surface area contributed by atoms with Gasteiger partial charge in [-0.05, 0) is 36.2 Å². The SMILES string of the molecule is CCc1ccc(Nc2ccc(OC)c(OC)c2OC)cc1. The molecule has 0 unspecified atom stereocenters. The van der Waals surface area contributed by atoms with Gasteiger partial charge in [-0.2, -0.15) is 0 Å². The van der Waals surface area contributed by atoms with Gasteiger partial charge in [-0.15, -0.1) is 0 Å². The fourth-order valence-electron chi connectivity index (χ4n) is 2.18. The predicted molar refractivity (Wildman–Crippen MR) is 85.2 cm³/mol. The third kappa shape index (κ3) is 3.21. The first kappa shape index (κ1) is 15.0. The van der Waals surface area contributed by atoms with Crippen molar-refractivity contribution in [2.24, 2.45) is 0 Å². The largest absolute Gasteiger partial charge is 0.493 e. The second-order valence-corrected chi connectivity index (χ2v) is 4.56. The minimum Gasteiger partial charge on any atom is -0.493 e. The molecule has 2 aromatic carbocycles. The van der Waals surface area contributed by atoms with Crippen molar-refractivity contribution in [1.82, 2.24) is 0 Å². The minimum absolute atomic E-state index is 0.579. The Labute approximate surface area is 125 Å². The third-order valence-corrected chi connectivity index (χ3v) is 3.35. The molecule has 0 fully saturated rings. The molecule has 0 aliphatic rings. The summed E-state index contributed by atoms with van der Waals surface area (Å²) in [5, 5.41) is 3.34. The monoisotopic (exact) mass is 287 g/mol. The highest BCUT2D eigenvalue weighted by Gasteiger charge is 2.15. The van der Waals surface area contributed by atoms with Gasteiger partial charge in [0.25, 0.3) is 0 Å². The van der Waals surface area contributed by atoms with Crippen molar-refractivity contribution in [2.75, 3.05) is 26.6 Å². The molecule has 0 aliphatic heterocycles. The molecule has 0 heterocycles. The van der Waals surface area contributed by atoms with E-state index in [-0.39, 0.29) is 0 Å². The molecular weight excluding hydrogens is 266 g/mol. The molecule has 21 heavy (non-hydrogen) atoms. The zero-order valence-corrected chi connectivity index (χ0v) is 12.9. The first-order valence-electron chi connectivity index (χ1n) is 6.88. The van der Waals surface area contributed by atoms with Crippen LogP contribution in [0.25, 0.3) is 0 Å². The Kier molecular flexibility index (Phi) is 4.93. The number of hydrogen-bond donors (Lipinski definition) is 1. The Bertz CT molecular complexity index is 594. The number of ether oxygens (including phenoxy) is 3. The Morgan fingerprint density at radius 1 is 0.810 bits per heavy atom. The van der Waals surface area contributed by atoms with Crippen LogP contribution < -0.4 is 19.5 Å². The molecule has 2 aromatic rings. The number of rotatable bonds is 6. The minimum atomic E-state index is 0.579. The summed E-state index contributed by atoms with van der Waals surface area (Å²) in [6.07, 6.45) is 1.03. The van der Waals surface area contributed by atoms with E-state index in [1.807, 2.05) is 12.1 Å². The van der Waals surface area contributed by atoms with E-state index in [2.05, 4.69) is 36.5 Å².